The summed E-state index contributed by atoms with van der Waals surface area (Å²) in [5.41, 5.74) is 2.32. The Kier molecular flexibility index (Phi) is 3.81. The van der Waals surface area contributed by atoms with Crippen LogP contribution in [0.2, 0.25) is 0 Å². The van der Waals surface area contributed by atoms with Gasteiger partial charge in [-0.1, -0.05) is 0 Å². The number of rotatable bonds is 4. The first-order valence-corrected chi connectivity index (χ1v) is 7.67. The zero-order chi connectivity index (χ0) is 13.2. The largest absolute Gasteiger partial charge is 0.383 e. The van der Waals surface area contributed by atoms with Crippen LogP contribution in [0.15, 0.2) is 10.9 Å². The molecule has 0 radical (unpaired) electrons. The molecule has 5 nitrogen and oxygen atoms in total. The number of fused-ring (bicyclic) bond motifs is 1. The minimum Gasteiger partial charge on any atom is -0.383 e. The molecule has 1 amide bonds. The highest BCUT2D eigenvalue weighted by Crippen LogP contribution is 2.32. The SMILES string of the molecule is COCCN1CC[C@H]2[C@H]1CCN2C(=O)c1cscn1. The summed E-state index contributed by atoms with van der Waals surface area (Å²) in [6.07, 6.45) is 2.15. The van der Waals surface area contributed by atoms with E-state index in [4.69, 9.17) is 4.74 Å². The molecule has 2 aliphatic heterocycles. The van der Waals surface area contributed by atoms with Gasteiger partial charge in [0.1, 0.15) is 5.69 Å². The fourth-order valence-electron chi connectivity index (χ4n) is 3.28. The Hall–Kier alpha value is -0.980. The molecular formula is C13H19N3O2S. The molecule has 2 aliphatic rings. The van der Waals surface area contributed by atoms with Crippen LogP contribution in [-0.4, -0.2) is 66.1 Å². The molecule has 0 aromatic carbocycles. The van der Waals surface area contributed by atoms with Crippen LogP contribution in [0, 0.1) is 0 Å². The summed E-state index contributed by atoms with van der Waals surface area (Å²) in [6.45, 7) is 3.66. The summed E-state index contributed by atoms with van der Waals surface area (Å²) in [7, 11) is 1.74. The number of aromatic nitrogens is 1. The lowest BCUT2D eigenvalue weighted by Gasteiger charge is -2.25. The summed E-state index contributed by atoms with van der Waals surface area (Å²) in [6, 6.07) is 0.879. The van der Waals surface area contributed by atoms with Crippen molar-refractivity contribution in [2.24, 2.45) is 0 Å². The molecule has 19 heavy (non-hydrogen) atoms. The molecule has 0 N–H and O–H groups in total. The number of thiazole rings is 1. The van der Waals surface area contributed by atoms with Crippen molar-refractivity contribution in [2.45, 2.75) is 24.9 Å². The molecule has 2 fully saturated rings. The minimum absolute atomic E-state index is 0.0994. The second-order valence-electron chi connectivity index (χ2n) is 5.11. The molecule has 0 aliphatic carbocycles. The number of methoxy groups -OCH3 is 1. The molecule has 0 saturated carbocycles. The standard InChI is InChI=1S/C13H19N3O2S/c1-18-7-6-15-4-2-12-11(15)3-5-16(12)13(17)10-8-19-9-14-10/h8-9,11-12H,2-7H2,1H3/t11-,12+/m1/s1. The fraction of sp³-hybridized carbons (Fsp3) is 0.692. The van der Waals surface area contributed by atoms with Crippen LogP contribution < -0.4 is 0 Å². The van der Waals surface area contributed by atoms with Gasteiger partial charge < -0.3 is 9.64 Å². The fourth-order valence-corrected chi connectivity index (χ4v) is 3.80. The van der Waals surface area contributed by atoms with Gasteiger partial charge >= 0.3 is 0 Å². The predicted octanol–water partition coefficient (Wildman–Crippen LogP) is 1.08. The Morgan fingerprint density at radius 1 is 1.47 bits per heavy atom. The summed E-state index contributed by atoms with van der Waals surface area (Å²) >= 11 is 1.48. The van der Waals surface area contributed by atoms with Gasteiger partial charge in [-0.05, 0) is 12.8 Å². The van der Waals surface area contributed by atoms with E-state index in [-0.39, 0.29) is 5.91 Å². The third-order valence-electron chi connectivity index (χ3n) is 4.19. The average Bonchev–Trinajstić information content (AvgIpc) is 3.13. The van der Waals surface area contributed by atoms with Crippen molar-refractivity contribution < 1.29 is 9.53 Å². The van der Waals surface area contributed by atoms with E-state index >= 15 is 0 Å². The molecule has 3 rings (SSSR count). The minimum atomic E-state index is 0.0994. The van der Waals surface area contributed by atoms with E-state index in [9.17, 15) is 4.79 Å². The van der Waals surface area contributed by atoms with Gasteiger partial charge in [0.05, 0.1) is 12.1 Å². The number of carbonyl (C=O) groups is 1. The highest BCUT2D eigenvalue weighted by atomic mass is 32.1. The maximum Gasteiger partial charge on any atom is 0.273 e. The summed E-state index contributed by atoms with van der Waals surface area (Å²) in [5.74, 6) is 0.0994. The van der Waals surface area contributed by atoms with Crippen LogP contribution in [0.25, 0.3) is 0 Å². The van der Waals surface area contributed by atoms with Crippen molar-refractivity contribution in [2.75, 3.05) is 33.4 Å². The van der Waals surface area contributed by atoms with Crippen molar-refractivity contribution in [3.63, 3.8) is 0 Å². The Labute approximate surface area is 117 Å². The van der Waals surface area contributed by atoms with Crippen molar-refractivity contribution in [3.8, 4) is 0 Å². The van der Waals surface area contributed by atoms with Gasteiger partial charge in [-0.15, -0.1) is 11.3 Å². The number of hydrogen-bond acceptors (Lipinski definition) is 5. The second kappa shape index (κ2) is 5.56. The molecular weight excluding hydrogens is 262 g/mol. The molecule has 1 aromatic rings. The smallest absolute Gasteiger partial charge is 0.273 e. The zero-order valence-electron chi connectivity index (χ0n) is 11.1. The number of likely N-dealkylation sites (tertiary alicyclic amines) is 2. The lowest BCUT2D eigenvalue weighted by atomic mass is 10.1. The summed E-state index contributed by atoms with van der Waals surface area (Å²) in [5, 5.41) is 1.84. The number of nitrogens with zero attached hydrogens (tertiary/aromatic N) is 3. The molecule has 0 unspecified atom stereocenters. The quantitative estimate of drug-likeness (QED) is 0.828. The van der Waals surface area contributed by atoms with E-state index in [0.29, 0.717) is 17.8 Å². The summed E-state index contributed by atoms with van der Waals surface area (Å²) in [4.78, 5) is 21.0. The molecule has 0 bridgehead atoms. The van der Waals surface area contributed by atoms with Crippen molar-refractivity contribution >= 4 is 17.2 Å². The van der Waals surface area contributed by atoms with Gasteiger partial charge in [0, 0.05) is 44.2 Å². The molecule has 1 aromatic heterocycles. The predicted molar refractivity (Wildman–Crippen MR) is 73.4 cm³/mol. The molecule has 6 heteroatoms. The van der Waals surface area contributed by atoms with Gasteiger partial charge in [-0.25, -0.2) is 4.98 Å². The topological polar surface area (TPSA) is 45.7 Å². The Bertz CT molecular complexity index is 437. The first-order valence-electron chi connectivity index (χ1n) is 6.73. The van der Waals surface area contributed by atoms with Crippen molar-refractivity contribution in [1.29, 1.82) is 0 Å². The third kappa shape index (κ3) is 2.40. The zero-order valence-corrected chi connectivity index (χ0v) is 11.9. The highest BCUT2D eigenvalue weighted by Gasteiger charge is 2.44. The number of hydrogen-bond donors (Lipinski definition) is 0. The van der Waals surface area contributed by atoms with E-state index < -0.39 is 0 Å². The first kappa shape index (κ1) is 13.0. The third-order valence-corrected chi connectivity index (χ3v) is 4.77. The monoisotopic (exact) mass is 281 g/mol. The van der Waals surface area contributed by atoms with Gasteiger partial charge in [0.15, 0.2) is 0 Å². The van der Waals surface area contributed by atoms with E-state index in [0.717, 1.165) is 39.1 Å². The number of ether oxygens (including phenoxy) is 1. The molecule has 104 valence electrons. The Morgan fingerprint density at radius 3 is 3.05 bits per heavy atom. The molecule has 3 heterocycles. The highest BCUT2D eigenvalue weighted by molar-refractivity contribution is 7.07. The number of carbonyl (C=O) groups excluding carboxylic acids is 1. The van der Waals surface area contributed by atoms with E-state index in [2.05, 4.69) is 9.88 Å². The molecule has 2 saturated heterocycles. The van der Waals surface area contributed by atoms with Crippen LogP contribution in [-0.2, 0) is 4.74 Å². The van der Waals surface area contributed by atoms with E-state index in [1.54, 1.807) is 12.6 Å². The molecule has 2 atom stereocenters. The normalized spacial score (nSPS) is 26.9. The summed E-state index contributed by atoms with van der Waals surface area (Å²) < 4.78 is 5.15. The number of amides is 1. The maximum atomic E-state index is 12.4. The van der Waals surface area contributed by atoms with Crippen LogP contribution in [0.3, 0.4) is 0 Å². The second-order valence-corrected chi connectivity index (χ2v) is 5.83. The van der Waals surface area contributed by atoms with E-state index in [1.165, 1.54) is 11.3 Å². The van der Waals surface area contributed by atoms with Crippen LogP contribution in [0.4, 0.5) is 0 Å². The van der Waals surface area contributed by atoms with Gasteiger partial charge in [0.25, 0.3) is 5.91 Å². The van der Waals surface area contributed by atoms with Crippen LogP contribution in [0.5, 0.6) is 0 Å². The van der Waals surface area contributed by atoms with Crippen LogP contribution >= 0.6 is 11.3 Å². The molecule has 0 spiro atoms. The average molecular weight is 281 g/mol. The van der Waals surface area contributed by atoms with Crippen molar-refractivity contribution in [1.82, 2.24) is 14.8 Å². The van der Waals surface area contributed by atoms with Gasteiger partial charge in [0.2, 0.25) is 0 Å². The van der Waals surface area contributed by atoms with E-state index in [1.807, 2.05) is 10.3 Å². The maximum absolute atomic E-state index is 12.4. The first-order chi connectivity index (χ1) is 9.31. The van der Waals surface area contributed by atoms with Crippen molar-refractivity contribution in [3.05, 3.63) is 16.6 Å². The Balaban J connectivity index is 1.66. The lowest BCUT2D eigenvalue weighted by Crippen LogP contribution is -2.40. The lowest BCUT2D eigenvalue weighted by molar-refractivity contribution is 0.0724. The Morgan fingerprint density at radius 2 is 2.32 bits per heavy atom. The van der Waals surface area contributed by atoms with Gasteiger partial charge in [-0.2, -0.15) is 0 Å². The van der Waals surface area contributed by atoms with Crippen LogP contribution in [0.1, 0.15) is 23.3 Å². The van der Waals surface area contributed by atoms with Gasteiger partial charge in [-0.3, -0.25) is 9.69 Å².